The van der Waals surface area contributed by atoms with Crippen molar-refractivity contribution >= 4 is 16.9 Å². The molecule has 1 aromatic carbocycles. The second-order valence-electron chi connectivity index (χ2n) is 7.72. The molecule has 2 aliphatic carbocycles. The van der Waals surface area contributed by atoms with Crippen molar-refractivity contribution in [1.29, 1.82) is 0 Å². The monoisotopic (exact) mass is 370 g/mol. The number of carbonyl (C=O) groups excluding carboxylic acids is 1. The lowest BCUT2D eigenvalue weighted by atomic mass is 9.98. The molecule has 1 heterocycles. The number of rotatable bonds is 4. The zero-order chi connectivity index (χ0) is 19.0. The van der Waals surface area contributed by atoms with E-state index in [2.05, 4.69) is 0 Å². The average molecular weight is 370 g/mol. The van der Waals surface area contributed by atoms with Crippen LogP contribution in [-0.2, 0) is 22.4 Å². The molecule has 0 N–H and O–H groups in total. The Kier molecular flexibility index (Phi) is 4.94. The number of hydrogen-bond acceptors (Lipinski definition) is 5. The van der Waals surface area contributed by atoms with Crippen LogP contribution in [0.25, 0.3) is 11.0 Å². The van der Waals surface area contributed by atoms with Gasteiger partial charge in [-0.15, -0.1) is 0 Å². The molecule has 1 atom stereocenters. The van der Waals surface area contributed by atoms with Crippen molar-refractivity contribution < 1.29 is 18.7 Å². The van der Waals surface area contributed by atoms with Gasteiger partial charge in [-0.3, -0.25) is 0 Å². The lowest BCUT2D eigenvalue weighted by Gasteiger charge is -2.24. The molecule has 2 aromatic rings. The molecule has 5 heteroatoms. The van der Waals surface area contributed by atoms with Gasteiger partial charge in [0.1, 0.15) is 17.4 Å². The minimum Gasteiger partial charge on any atom is -0.479 e. The highest BCUT2D eigenvalue weighted by Gasteiger charge is 2.25. The van der Waals surface area contributed by atoms with E-state index in [1.807, 2.05) is 19.1 Å². The van der Waals surface area contributed by atoms with Crippen molar-refractivity contribution in [2.45, 2.75) is 77.4 Å². The average Bonchev–Trinajstić information content (AvgIpc) is 3.16. The summed E-state index contributed by atoms with van der Waals surface area (Å²) < 4.78 is 17.1. The first-order chi connectivity index (χ1) is 13.0. The number of ether oxygens (including phenoxy) is 2. The number of hydrogen-bond donors (Lipinski definition) is 0. The molecule has 1 fully saturated rings. The van der Waals surface area contributed by atoms with Crippen LogP contribution in [0.4, 0.5) is 0 Å². The second-order valence-corrected chi connectivity index (χ2v) is 7.72. The third-order valence-electron chi connectivity index (χ3n) is 5.81. The largest absolute Gasteiger partial charge is 0.479 e. The first-order valence-corrected chi connectivity index (χ1v) is 10.00. The van der Waals surface area contributed by atoms with Gasteiger partial charge in [-0.25, -0.2) is 9.59 Å². The maximum Gasteiger partial charge on any atom is 0.347 e. The van der Waals surface area contributed by atoms with Crippen molar-refractivity contribution in [3.63, 3.8) is 0 Å². The number of carbonyl (C=O) groups is 1. The highest BCUT2D eigenvalue weighted by Crippen LogP contribution is 2.33. The van der Waals surface area contributed by atoms with Crippen LogP contribution in [0.5, 0.6) is 5.75 Å². The highest BCUT2D eigenvalue weighted by atomic mass is 16.6. The normalized spacial score (nSPS) is 18.3. The van der Waals surface area contributed by atoms with E-state index < -0.39 is 6.10 Å². The van der Waals surface area contributed by atoms with Crippen molar-refractivity contribution in [1.82, 2.24) is 0 Å². The molecule has 1 aromatic heterocycles. The number of benzene rings is 1. The summed E-state index contributed by atoms with van der Waals surface area (Å²) in [6.45, 7) is 3.56. The Balaban J connectivity index is 1.55. The standard InChI is InChI=1S/C22H26O5/c1-13-19(25-14(2)21(23)26-15-7-4-3-5-8-15)12-11-17-16-9-6-10-18(16)22(24)27-20(13)17/h11-12,14-15H,3-10H2,1-2H3. The quantitative estimate of drug-likeness (QED) is 0.595. The van der Waals surface area contributed by atoms with E-state index in [1.165, 1.54) is 6.42 Å². The molecule has 0 radical (unpaired) electrons. The van der Waals surface area contributed by atoms with Gasteiger partial charge in [0.15, 0.2) is 6.10 Å². The van der Waals surface area contributed by atoms with Gasteiger partial charge in [0, 0.05) is 16.5 Å². The van der Waals surface area contributed by atoms with Crippen LogP contribution in [-0.4, -0.2) is 18.2 Å². The third-order valence-corrected chi connectivity index (χ3v) is 5.81. The molecule has 0 spiro atoms. The maximum atomic E-state index is 12.4. The Bertz CT molecular complexity index is 920. The van der Waals surface area contributed by atoms with E-state index in [1.54, 1.807) is 6.92 Å². The Morgan fingerprint density at radius 1 is 1.11 bits per heavy atom. The van der Waals surface area contributed by atoms with Crippen molar-refractivity contribution in [3.05, 3.63) is 39.2 Å². The van der Waals surface area contributed by atoms with Crippen LogP contribution in [0.3, 0.4) is 0 Å². The molecular formula is C22H26O5. The number of aryl methyl sites for hydroxylation is 2. The first kappa shape index (κ1) is 18.1. The van der Waals surface area contributed by atoms with E-state index in [4.69, 9.17) is 13.9 Å². The predicted octanol–water partition coefficient (Wildman–Crippen LogP) is 4.23. The van der Waals surface area contributed by atoms with Gasteiger partial charge in [-0.05, 0) is 76.5 Å². The zero-order valence-corrected chi connectivity index (χ0v) is 16.0. The first-order valence-electron chi connectivity index (χ1n) is 10.00. The molecule has 0 aliphatic heterocycles. The smallest absolute Gasteiger partial charge is 0.347 e. The summed E-state index contributed by atoms with van der Waals surface area (Å²) in [5.41, 5.74) is 2.96. The van der Waals surface area contributed by atoms with E-state index in [9.17, 15) is 9.59 Å². The Morgan fingerprint density at radius 2 is 1.85 bits per heavy atom. The van der Waals surface area contributed by atoms with Gasteiger partial charge in [0.25, 0.3) is 0 Å². The highest BCUT2D eigenvalue weighted by molar-refractivity contribution is 5.86. The summed E-state index contributed by atoms with van der Waals surface area (Å²) in [6.07, 6.45) is 7.29. The third kappa shape index (κ3) is 3.47. The van der Waals surface area contributed by atoms with Crippen LogP contribution >= 0.6 is 0 Å². The second kappa shape index (κ2) is 7.37. The fraction of sp³-hybridized carbons (Fsp3) is 0.545. The fourth-order valence-electron chi connectivity index (χ4n) is 4.27. The summed E-state index contributed by atoms with van der Waals surface area (Å²) >= 11 is 0. The number of esters is 1. The fourth-order valence-corrected chi connectivity index (χ4v) is 4.27. The van der Waals surface area contributed by atoms with Crippen LogP contribution in [0.15, 0.2) is 21.3 Å². The molecule has 0 bridgehead atoms. The minimum atomic E-state index is -0.704. The molecular weight excluding hydrogens is 344 g/mol. The van der Waals surface area contributed by atoms with E-state index in [-0.39, 0.29) is 17.7 Å². The van der Waals surface area contributed by atoms with Crippen molar-refractivity contribution in [2.75, 3.05) is 0 Å². The van der Waals surface area contributed by atoms with Crippen molar-refractivity contribution in [2.24, 2.45) is 0 Å². The molecule has 0 amide bonds. The van der Waals surface area contributed by atoms with Gasteiger partial charge >= 0.3 is 11.6 Å². The molecule has 4 rings (SSSR count). The number of fused-ring (bicyclic) bond motifs is 3. The van der Waals surface area contributed by atoms with Gasteiger partial charge in [0.05, 0.1) is 0 Å². The molecule has 2 aliphatic rings. The minimum absolute atomic E-state index is 0.00982. The lowest BCUT2D eigenvalue weighted by Crippen LogP contribution is -2.31. The van der Waals surface area contributed by atoms with Crippen molar-refractivity contribution in [3.8, 4) is 5.75 Å². The maximum absolute atomic E-state index is 12.4. The molecule has 27 heavy (non-hydrogen) atoms. The Labute approximate surface area is 158 Å². The van der Waals surface area contributed by atoms with Crippen LogP contribution in [0.2, 0.25) is 0 Å². The lowest BCUT2D eigenvalue weighted by molar-refractivity contribution is -0.158. The topological polar surface area (TPSA) is 65.7 Å². The van der Waals surface area contributed by atoms with Gasteiger partial charge in [-0.2, -0.15) is 0 Å². The molecule has 5 nitrogen and oxygen atoms in total. The summed E-state index contributed by atoms with van der Waals surface area (Å²) in [5.74, 6) is 0.216. The zero-order valence-electron chi connectivity index (χ0n) is 16.0. The summed E-state index contributed by atoms with van der Waals surface area (Å²) in [4.78, 5) is 24.6. The summed E-state index contributed by atoms with van der Waals surface area (Å²) in [6, 6.07) is 3.80. The van der Waals surface area contributed by atoms with Crippen LogP contribution in [0.1, 0.15) is 62.1 Å². The van der Waals surface area contributed by atoms with Gasteiger partial charge < -0.3 is 13.9 Å². The predicted molar refractivity (Wildman–Crippen MR) is 102 cm³/mol. The van der Waals surface area contributed by atoms with Gasteiger partial charge in [-0.1, -0.05) is 6.42 Å². The molecule has 144 valence electrons. The van der Waals surface area contributed by atoms with E-state index in [0.717, 1.165) is 67.0 Å². The van der Waals surface area contributed by atoms with E-state index >= 15 is 0 Å². The van der Waals surface area contributed by atoms with Crippen LogP contribution < -0.4 is 10.4 Å². The molecule has 1 unspecified atom stereocenters. The Hall–Kier alpha value is -2.30. The van der Waals surface area contributed by atoms with Gasteiger partial charge in [0.2, 0.25) is 0 Å². The molecule has 0 saturated heterocycles. The SMILES string of the molecule is Cc1c(OC(C)C(=O)OC2CCCCC2)ccc2c3c(c(=O)oc12)CCC3. The summed E-state index contributed by atoms with van der Waals surface area (Å²) in [7, 11) is 0. The Morgan fingerprint density at radius 3 is 2.63 bits per heavy atom. The molecule has 1 saturated carbocycles. The summed E-state index contributed by atoms with van der Waals surface area (Å²) in [5, 5.41) is 0.976. The van der Waals surface area contributed by atoms with E-state index in [0.29, 0.717) is 11.3 Å². The van der Waals surface area contributed by atoms with Crippen LogP contribution in [0, 0.1) is 6.92 Å².